The molecule has 0 radical (unpaired) electrons. The first-order chi connectivity index (χ1) is 11.6. The molecule has 0 bridgehead atoms. The Bertz CT molecular complexity index is 566. The molecule has 0 aromatic heterocycles. The van der Waals surface area contributed by atoms with Crippen LogP contribution in [0.3, 0.4) is 0 Å². The number of halogens is 1. The maximum atomic E-state index is 14.1. The van der Waals surface area contributed by atoms with Crippen LogP contribution in [0.2, 0.25) is 0 Å². The Morgan fingerprint density at radius 2 is 2.04 bits per heavy atom. The van der Waals surface area contributed by atoms with E-state index in [1.807, 2.05) is 0 Å². The molecule has 1 aromatic rings. The summed E-state index contributed by atoms with van der Waals surface area (Å²) in [6.07, 6.45) is 6.22. The molecular formula is C19H27FN2O2. The Morgan fingerprint density at radius 1 is 1.25 bits per heavy atom. The summed E-state index contributed by atoms with van der Waals surface area (Å²) in [7, 11) is 0. The molecule has 1 saturated carbocycles. The second kappa shape index (κ2) is 7.97. The summed E-state index contributed by atoms with van der Waals surface area (Å²) in [6.45, 7) is 3.69. The maximum Gasteiger partial charge on any atom is 0.227 e. The number of carbonyl (C=O) groups excluding carboxylic acids is 1. The number of hydrogen-bond donors (Lipinski definition) is 2. The van der Waals surface area contributed by atoms with E-state index < -0.39 is 0 Å². The van der Waals surface area contributed by atoms with Crippen molar-refractivity contribution in [2.45, 2.75) is 51.5 Å². The first-order valence-corrected chi connectivity index (χ1v) is 9.08. The Morgan fingerprint density at radius 3 is 2.75 bits per heavy atom. The highest BCUT2D eigenvalue weighted by Crippen LogP contribution is 2.27. The fourth-order valence-corrected chi connectivity index (χ4v) is 3.64. The molecule has 0 unspecified atom stereocenters. The van der Waals surface area contributed by atoms with E-state index in [9.17, 15) is 9.18 Å². The van der Waals surface area contributed by atoms with Crippen molar-refractivity contribution >= 4 is 17.3 Å². The lowest BCUT2D eigenvalue weighted by Gasteiger charge is -2.22. The largest absolute Gasteiger partial charge is 0.382 e. The van der Waals surface area contributed by atoms with Gasteiger partial charge >= 0.3 is 0 Å². The first kappa shape index (κ1) is 17.2. The normalized spacial score (nSPS) is 23.0. The van der Waals surface area contributed by atoms with Crippen LogP contribution in [0.1, 0.15) is 45.4 Å². The van der Waals surface area contributed by atoms with E-state index in [4.69, 9.17) is 4.74 Å². The summed E-state index contributed by atoms with van der Waals surface area (Å²) in [4.78, 5) is 12.3. The van der Waals surface area contributed by atoms with Crippen molar-refractivity contribution in [3.05, 3.63) is 24.0 Å². The molecular weight excluding hydrogens is 307 g/mol. The van der Waals surface area contributed by atoms with Crippen molar-refractivity contribution in [2.24, 2.45) is 11.8 Å². The fraction of sp³-hybridized carbons (Fsp3) is 0.632. The lowest BCUT2D eigenvalue weighted by atomic mass is 9.88. The molecule has 1 amide bonds. The van der Waals surface area contributed by atoms with Gasteiger partial charge in [-0.3, -0.25) is 4.79 Å². The van der Waals surface area contributed by atoms with Gasteiger partial charge in [0.25, 0.3) is 0 Å². The van der Waals surface area contributed by atoms with Gasteiger partial charge in [0, 0.05) is 30.2 Å². The van der Waals surface area contributed by atoms with E-state index in [0.29, 0.717) is 5.92 Å². The zero-order chi connectivity index (χ0) is 16.9. The smallest absolute Gasteiger partial charge is 0.227 e. The minimum Gasteiger partial charge on any atom is -0.382 e. The Hall–Kier alpha value is -1.62. The molecule has 132 valence electrons. The number of rotatable bonds is 5. The topological polar surface area (TPSA) is 50.4 Å². The highest BCUT2D eigenvalue weighted by molar-refractivity contribution is 5.93. The molecule has 1 aliphatic heterocycles. The van der Waals surface area contributed by atoms with Crippen LogP contribution in [-0.4, -0.2) is 25.2 Å². The number of benzene rings is 1. The van der Waals surface area contributed by atoms with Crippen molar-refractivity contribution in [1.29, 1.82) is 0 Å². The van der Waals surface area contributed by atoms with E-state index in [0.717, 1.165) is 51.0 Å². The second-order valence-electron chi connectivity index (χ2n) is 7.08. The summed E-state index contributed by atoms with van der Waals surface area (Å²) in [5.74, 6) is 0.0456. The minimum absolute atomic E-state index is 0.0179. The van der Waals surface area contributed by atoms with E-state index >= 15 is 0 Å². The van der Waals surface area contributed by atoms with E-state index in [-0.39, 0.29) is 29.4 Å². The predicted molar refractivity (Wildman–Crippen MR) is 93.6 cm³/mol. The number of carbonyl (C=O) groups is 1. The molecule has 2 atom stereocenters. The summed E-state index contributed by atoms with van der Waals surface area (Å²) >= 11 is 0. The third-order valence-electron chi connectivity index (χ3n) is 5.27. The van der Waals surface area contributed by atoms with Gasteiger partial charge in [-0.25, -0.2) is 4.39 Å². The standard InChI is InChI=1S/C19H27FN2O2/c1-13(15-9-10-24-12-15)21-16-7-8-17(20)18(11-16)22-19(23)14-5-3-2-4-6-14/h7-8,11,13-15,21H,2-6,9-10,12H2,1H3,(H,22,23)/t13-,15+/m1/s1. The van der Waals surface area contributed by atoms with Crippen LogP contribution in [0.15, 0.2) is 18.2 Å². The first-order valence-electron chi connectivity index (χ1n) is 9.08. The Labute approximate surface area is 143 Å². The highest BCUT2D eigenvalue weighted by Gasteiger charge is 2.24. The monoisotopic (exact) mass is 334 g/mol. The van der Waals surface area contributed by atoms with Gasteiger partial charge < -0.3 is 15.4 Å². The van der Waals surface area contributed by atoms with Crippen LogP contribution >= 0.6 is 0 Å². The lowest BCUT2D eigenvalue weighted by Crippen LogP contribution is -2.27. The SMILES string of the molecule is C[C@@H](Nc1ccc(F)c(NC(=O)C2CCCCC2)c1)[C@H]1CCOC1. The van der Waals surface area contributed by atoms with Gasteiger partial charge in [0.1, 0.15) is 5.82 Å². The van der Waals surface area contributed by atoms with Crippen molar-refractivity contribution < 1.29 is 13.9 Å². The van der Waals surface area contributed by atoms with Crippen molar-refractivity contribution in [1.82, 2.24) is 0 Å². The quantitative estimate of drug-likeness (QED) is 0.849. The fourth-order valence-electron chi connectivity index (χ4n) is 3.64. The van der Waals surface area contributed by atoms with Crippen molar-refractivity contribution in [2.75, 3.05) is 23.8 Å². The summed E-state index contributed by atoms with van der Waals surface area (Å²) in [5, 5.41) is 6.19. The summed E-state index contributed by atoms with van der Waals surface area (Å²) in [6, 6.07) is 5.08. The Kier molecular flexibility index (Phi) is 5.72. The van der Waals surface area contributed by atoms with Crippen LogP contribution in [0.5, 0.6) is 0 Å². The van der Waals surface area contributed by atoms with E-state index in [1.54, 1.807) is 12.1 Å². The van der Waals surface area contributed by atoms with Gasteiger partial charge in [0.15, 0.2) is 0 Å². The van der Waals surface area contributed by atoms with Crippen molar-refractivity contribution in [3.63, 3.8) is 0 Å². The van der Waals surface area contributed by atoms with E-state index in [2.05, 4.69) is 17.6 Å². The van der Waals surface area contributed by atoms with Crippen LogP contribution in [0.4, 0.5) is 15.8 Å². The average molecular weight is 334 g/mol. The molecule has 1 heterocycles. The number of hydrogen-bond acceptors (Lipinski definition) is 3. The average Bonchev–Trinajstić information content (AvgIpc) is 3.13. The second-order valence-corrected chi connectivity index (χ2v) is 7.08. The predicted octanol–water partition coefficient (Wildman–Crippen LogP) is 4.18. The molecule has 2 fully saturated rings. The third-order valence-corrected chi connectivity index (χ3v) is 5.27. The molecule has 1 saturated heterocycles. The number of nitrogens with one attached hydrogen (secondary N) is 2. The molecule has 5 heteroatoms. The molecule has 1 aliphatic carbocycles. The van der Waals surface area contributed by atoms with Gasteiger partial charge in [-0.1, -0.05) is 19.3 Å². The molecule has 2 aliphatic rings. The number of anilines is 2. The van der Waals surface area contributed by atoms with Gasteiger partial charge in [-0.05, 0) is 44.4 Å². The summed E-state index contributed by atoms with van der Waals surface area (Å²) < 4.78 is 19.5. The zero-order valence-electron chi connectivity index (χ0n) is 14.3. The number of amides is 1. The zero-order valence-corrected chi connectivity index (χ0v) is 14.3. The summed E-state index contributed by atoms with van der Waals surface area (Å²) in [5.41, 5.74) is 1.10. The third kappa shape index (κ3) is 4.26. The van der Waals surface area contributed by atoms with E-state index in [1.165, 1.54) is 12.5 Å². The molecule has 1 aromatic carbocycles. The molecule has 3 rings (SSSR count). The molecule has 4 nitrogen and oxygen atoms in total. The molecule has 0 spiro atoms. The molecule has 24 heavy (non-hydrogen) atoms. The minimum atomic E-state index is -0.387. The van der Waals surface area contributed by atoms with Crippen LogP contribution in [-0.2, 0) is 9.53 Å². The van der Waals surface area contributed by atoms with Gasteiger partial charge in [-0.2, -0.15) is 0 Å². The van der Waals surface area contributed by atoms with Crippen molar-refractivity contribution in [3.8, 4) is 0 Å². The highest BCUT2D eigenvalue weighted by atomic mass is 19.1. The van der Waals surface area contributed by atoms with Crippen LogP contribution in [0.25, 0.3) is 0 Å². The lowest BCUT2D eigenvalue weighted by molar-refractivity contribution is -0.120. The van der Waals surface area contributed by atoms with Crippen LogP contribution < -0.4 is 10.6 Å². The van der Waals surface area contributed by atoms with Gasteiger partial charge in [0.2, 0.25) is 5.91 Å². The maximum absolute atomic E-state index is 14.1. The van der Waals surface area contributed by atoms with Gasteiger partial charge in [0.05, 0.1) is 12.3 Å². The number of ether oxygens (including phenoxy) is 1. The Balaban J connectivity index is 1.63. The van der Waals surface area contributed by atoms with Crippen LogP contribution in [0, 0.1) is 17.7 Å². The van der Waals surface area contributed by atoms with Gasteiger partial charge in [-0.15, -0.1) is 0 Å². The molecule has 2 N–H and O–H groups in total.